The van der Waals surface area contributed by atoms with Gasteiger partial charge in [-0.3, -0.25) is 10.00 Å². The predicted octanol–water partition coefficient (Wildman–Crippen LogP) is 2.32. The molecule has 0 aromatic carbocycles. The Morgan fingerprint density at radius 1 is 1.71 bits per heavy atom. The van der Waals surface area contributed by atoms with E-state index in [1.54, 1.807) is 6.20 Å². The van der Waals surface area contributed by atoms with Crippen LogP contribution < -0.4 is 5.32 Å². The van der Waals surface area contributed by atoms with Crippen LogP contribution in [0.4, 0.5) is 0 Å². The van der Waals surface area contributed by atoms with Crippen LogP contribution in [0.25, 0.3) is 0 Å². The summed E-state index contributed by atoms with van der Waals surface area (Å²) in [7, 11) is 0. The quantitative estimate of drug-likeness (QED) is 0.907. The molecular formula is C12H17BrN4. The molecule has 1 aromatic rings. The molecule has 1 aromatic heterocycles. The van der Waals surface area contributed by atoms with Crippen molar-refractivity contribution in [2.45, 2.75) is 44.8 Å². The Balaban J connectivity index is 2.18. The smallest absolute Gasteiger partial charge is 0.129 e. The van der Waals surface area contributed by atoms with Gasteiger partial charge < -0.3 is 0 Å². The highest BCUT2D eigenvalue weighted by molar-refractivity contribution is 9.10. The van der Waals surface area contributed by atoms with E-state index in [9.17, 15) is 5.26 Å². The topological polar surface area (TPSA) is 53.6 Å². The summed E-state index contributed by atoms with van der Waals surface area (Å²) < 4.78 is 2.78. The van der Waals surface area contributed by atoms with Crippen LogP contribution in [-0.2, 0) is 6.54 Å². The third kappa shape index (κ3) is 2.88. The minimum atomic E-state index is -0.473. The second-order valence-corrected chi connectivity index (χ2v) is 5.93. The molecular weight excluding hydrogens is 280 g/mol. The van der Waals surface area contributed by atoms with Crippen molar-refractivity contribution < 1.29 is 0 Å². The monoisotopic (exact) mass is 296 g/mol. The summed E-state index contributed by atoms with van der Waals surface area (Å²) in [6.45, 7) is 4.76. The molecule has 1 heterocycles. The first-order chi connectivity index (χ1) is 8.05. The molecule has 1 aliphatic rings. The molecule has 0 saturated heterocycles. The maximum Gasteiger partial charge on any atom is 0.129 e. The van der Waals surface area contributed by atoms with E-state index in [0.29, 0.717) is 18.5 Å². The van der Waals surface area contributed by atoms with Crippen LogP contribution in [0.1, 0.15) is 26.7 Å². The van der Waals surface area contributed by atoms with E-state index in [4.69, 9.17) is 0 Å². The molecule has 0 spiro atoms. The summed E-state index contributed by atoms with van der Waals surface area (Å²) in [6.07, 6.45) is 5.94. The van der Waals surface area contributed by atoms with Crippen LogP contribution in [0.2, 0.25) is 0 Å². The van der Waals surface area contributed by atoms with Gasteiger partial charge in [-0.05, 0) is 48.5 Å². The summed E-state index contributed by atoms with van der Waals surface area (Å²) in [5, 5.41) is 17.2. The van der Waals surface area contributed by atoms with E-state index >= 15 is 0 Å². The second-order valence-electron chi connectivity index (χ2n) is 5.01. The first-order valence-electron chi connectivity index (χ1n) is 5.92. The van der Waals surface area contributed by atoms with Crippen molar-refractivity contribution >= 4 is 15.9 Å². The molecule has 4 nitrogen and oxygen atoms in total. The van der Waals surface area contributed by atoms with Crippen molar-refractivity contribution in [1.82, 2.24) is 15.1 Å². The molecule has 0 aliphatic heterocycles. The van der Waals surface area contributed by atoms with E-state index in [0.717, 1.165) is 17.3 Å². The van der Waals surface area contributed by atoms with Crippen LogP contribution in [0, 0.1) is 17.2 Å². The first-order valence-corrected chi connectivity index (χ1v) is 6.72. The van der Waals surface area contributed by atoms with Gasteiger partial charge in [-0.1, -0.05) is 0 Å². The van der Waals surface area contributed by atoms with Gasteiger partial charge in [0.2, 0.25) is 0 Å². The number of nitrogens with one attached hydrogen (secondary N) is 1. The summed E-state index contributed by atoms with van der Waals surface area (Å²) in [5.41, 5.74) is -0.473. The molecule has 0 amide bonds. The van der Waals surface area contributed by atoms with E-state index in [1.807, 2.05) is 10.9 Å². The average molecular weight is 297 g/mol. The van der Waals surface area contributed by atoms with Crippen molar-refractivity contribution in [3.63, 3.8) is 0 Å². The number of nitriles is 1. The number of aromatic nitrogens is 2. The van der Waals surface area contributed by atoms with E-state index in [2.05, 4.69) is 46.3 Å². The molecule has 1 N–H and O–H groups in total. The predicted molar refractivity (Wildman–Crippen MR) is 69.3 cm³/mol. The number of halogens is 1. The maximum absolute atomic E-state index is 9.54. The van der Waals surface area contributed by atoms with E-state index < -0.39 is 5.54 Å². The Bertz CT molecular complexity index is 430. The molecule has 0 radical (unpaired) electrons. The molecule has 5 heteroatoms. The SMILES string of the molecule is CC(C)NC(C#N)(Cn1cc(Br)cn1)C1CC1. The van der Waals surface area contributed by atoms with Crippen molar-refractivity contribution in [2.24, 2.45) is 5.92 Å². The molecule has 0 bridgehead atoms. The molecule has 1 fully saturated rings. The van der Waals surface area contributed by atoms with Gasteiger partial charge >= 0.3 is 0 Å². The Morgan fingerprint density at radius 2 is 2.41 bits per heavy atom. The Morgan fingerprint density at radius 3 is 2.82 bits per heavy atom. The first kappa shape index (κ1) is 12.6. The van der Waals surface area contributed by atoms with E-state index in [1.165, 1.54) is 0 Å². The minimum Gasteiger partial charge on any atom is -0.295 e. The van der Waals surface area contributed by atoms with Gasteiger partial charge in [-0.25, -0.2) is 0 Å². The zero-order chi connectivity index (χ0) is 12.5. The second kappa shape index (κ2) is 4.79. The summed E-state index contributed by atoms with van der Waals surface area (Å²) >= 11 is 3.38. The average Bonchev–Trinajstić information content (AvgIpc) is 3.03. The Labute approximate surface area is 110 Å². The van der Waals surface area contributed by atoms with Crippen LogP contribution in [0.3, 0.4) is 0 Å². The van der Waals surface area contributed by atoms with Gasteiger partial charge in [0.05, 0.1) is 23.3 Å². The van der Waals surface area contributed by atoms with Gasteiger partial charge in [0.1, 0.15) is 5.54 Å². The van der Waals surface area contributed by atoms with Crippen LogP contribution >= 0.6 is 15.9 Å². The van der Waals surface area contributed by atoms with Crippen LogP contribution in [0.15, 0.2) is 16.9 Å². The van der Waals surface area contributed by atoms with Crippen molar-refractivity contribution in [1.29, 1.82) is 5.26 Å². The normalized spacial score (nSPS) is 19.0. The van der Waals surface area contributed by atoms with Crippen molar-refractivity contribution in [3.8, 4) is 6.07 Å². The maximum atomic E-state index is 9.54. The number of nitrogens with zero attached hydrogens (tertiary/aromatic N) is 3. The molecule has 1 aliphatic carbocycles. The number of hydrogen-bond acceptors (Lipinski definition) is 3. The van der Waals surface area contributed by atoms with Crippen LogP contribution in [0.5, 0.6) is 0 Å². The highest BCUT2D eigenvalue weighted by Gasteiger charge is 2.46. The fourth-order valence-electron chi connectivity index (χ4n) is 2.22. The molecule has 92 valence electrons. The fraction of sp³-hybridized carbons (Fsp3) is 0.667. The summed E-state index contributed by atoms with van der Waals surface area (Å²) in [4.78, 5) is 0. The lowest BCUT2D eigenvalue weighted by atomic mass is 9.94. The van der Waals surface area contributed by atoms with Gasteiger partial charge in [-0.15, -0.1) is 0 Å². The third-order valence-electron chi connectivity index (χ3n) is 3.03. The zero-order valence-electron chi connectivity index (χ0n) is 10.2. The standard InChI is InChI=1S/C12H17BrN4/c1-9(2)16-12(7-14,10-3-4-10)8-17-6-11(13)5-15-17/h5-6,9-10,16H,3-4,8H2,1-2H3. The van der Waals surface area contributed by atoms with Gasteiger partial charge in [0.25, 0.3) is 0 Å². The fourth-order valence-corrected chi connectivity index (χ4v) is 2.55. The van der Waals surface area contributed by atoms with Gasteiger partial charge in [0.15, 0.2) is 0 Å². The third-order valence-corrected chi connectivity index (χ3v) is 3.44. The van der Waals surface area contributed by atoms with Gasteiger partial charge in [0, 0.05) is 12.2 Å². The van der Waals surface area contributed by atoms with E-state index in [-0.39, 0.29) is 0 Å². The largest absolute Gasteiger partial charge is 0.295 e. The molecule has 1 unspecified atom stereocenters. The van der Waals surface area contributed by atoms with Crippen molar-refractivity contribution in [2.75, 3.05) is 0 Å². The molecule has 17 heavy (non-hydrogen) atoms. The number of hydrogen-bond donors (Lipinski definition) is 1. The summed E-state index contributed by atoms with van der Waals surface area (Å²) in [5.74, 6) is 0.456. The minimum absolute atomic E-state index is 0.300. The molecule has 1 atom stereocenters. The Hall–Kier alpha value is -0.860. The highest BCUT2D eigenvalue weighted by Crippen LogP contribution is 2.40. The molecule has 2 rings (SSSR count). The lowest BCUT2D eigenvalue weighted by Gasteiger charge is -2.30. The highest BCUT2D eigenvalue weighted by atomic mass is 79.9. The lowest BCUT2D eigenvalue weighted by molar-refractivity contribution is 0.284. The van der Waals surface area contributed by atoms with Gasteiger partial charge in [-0.2, -0.15) is 10.4 Å². The Kier molecular flexibility index (Phi) is 3.55. The molecule has 1 saturated carbocycles. The lowest BCUT2D eigenvalue weighted by Crippen LogP contribution is -2.52. The number of rotatable bonds is 5. The van der Waals surface area contributed by atoms with Crippen molar-refractivity contribution in [3.05, 3.63) is 16.9 Å². The summed E-state index contributed by atoms with van der Waals surface area (Å²) in [6, 6.07) is 2.78. The van der Waals surface area contributed by atoms with Crippen LogP contribution in [-0.4, -0.2) is 21.4 Å². The zero-order valence-corrected chi connectivity index (χ0v) is 11.7.